The first kappa shape index (κ1) is 8.78. The van der Waals surface area contributed by atoms with Gasteiger partial charge >= 0.3 is 0 Å². The van der Waals surface area contributed by atoms with Gasteiger partial charge < -0.3 is 4.90 Å². The Morgan fingerprint density at radius 1 is 1.27 bits per heavy atom. The molecule has 1 aliphatic heterocycles. The highest BCUT2D eigenvalue weighted by molar-refractivity contribution is 9.11. The molecular weight excluding hydrogens is 206 g/mol. The highest BCUT2D eigenvalue weighted by atomic mass is 79.9. The summed E-state index contributed by atoms with van der Waals surface area (Å²) < 4.78 is 0. The Labute approximate surface area is 75.4 Å². The number of rotatable bonds is 1. The van der Waals surface area contributed by atoms with Crippen LogP contribution in [0.5, 0.6) is 0 Å². The van der Waals surface area contributed by atoms with Gasteiger partial charge in [0.15, 0.2) is 0 Å². The number of piperidine rings is 1. The smallest absolute Gasteiger partial charge is 0.247 e. The van der Waals surface area contributed by atoms with E-state index in [9.17, 15) is 4.79 Å². The fourth-order valence-corrected chi connectivity index (χ4v) is 1.50. The van der Waals surface area contributed by atoms with Crippen molar-refractivity contribution in [2.45, 2.75) is 19.3 Å². The van der Waals surface area contributed by atoms with E-state index in [1.165, 1.54) is 6.42 Å². The van der Waals surface area contributed by atoms with Crippen molar-refractivity contribution >= 4 is 21.8 Å². The van der Waals surface area contributed by atoms with Gasteiger partial charge in [0.2, 0.25) is 5.91 Å². The Morgan fingerprint density at radius 3 is 2.45 bits per heavy atom. The molecule has 1 heterocycles. The van der Waals surface area contributed by atoms with Crippen LogP contribution < -0.4 is 0 Å². The van der Waals surface area contributed by atoms with E-state index < -0.39 is 0 Å². The first-order valence-electron chi connectivity index (χ1n) is 3.90. The van der Waals surface area contributed by atoms with Gasteiger partial charge in [-0.3, -0.25) is 4.79 Å². The predicted molar refractivity (Wildman–Crippen MR) is 48.5 cm³/mol. The summed E-state index contributed by atoms with van der Waals surface area (Å²) in [4.78, 5) is 14.7. The summed E-state index contributed by atoms with van der Waals surface area (Å²) >= 11 is 3.09. The van der Waals surface area contributed by atoms with E-state index in [-0.39, 0.29) is 5.91 Å². The molecule has 0 unspecified atom stereocenters. The third-order valence-electron chi connectivity index (χ3n) is 1.87. The molecule has 0 aromatic rings. The van der Waals surface area contributed by atoms with Gasteiger partial charge in [-0.1, -0.05) is 15.9 Å². The lowest BCUT2D eigenvalue weighted by Crippen LogP contribution is -2.34. The van der Waals surface area contributed by atoms with Crippen molar-refractivity contribution in [3.8, 4) is 0 Å². The second-order valence-corrected chi connectivity index (χ2v) is 3.21. The summed E-state index contributed by atoms with van der Waals surface area (Å²) in [6.45, 7) is 1.85. The van der Waals surface area contributed by atoms with Gasteiger partial charge in [-0.15, -0.1) is 0 Å². The van der Waals surface area contributed by atoms with Crippen molar-refractivity contribution in [1.82, 2.24) is 4.90 Å². The van der Waals surface area contributed by atoms with Gasteiger partial charge in [0.05, 0.1) is 0 Å². The minimum Gasteiger partial charge on any atom is -0.339 e. The molecule has 3 heteroatoms. The molecule has 1 saturated heterocycles. The summed E-state index contributed by atoms with van der Waals surface area (Å²) in [5.74, 6) is 0.126. The molecule has 0 aromatic heterocycles. The summed E-state index contributed by atoms with van der Waals surface area (Å²) in [6, 6.07) is 0. The molecule has 0 N–H and O–H groups in total. The molecule has 0 spiro atoms. The van der Waals surface area contributed by atoms with Crippen molar-refractivity contribution in [2.75, 3.05) is 13.1 Å². The lowest BCUT2D eigenvalue weighted by molar-refractivity contribution is -0.126. The molecule has 62 valence electrons. The number of carbonyl (C=O) groups excluding carboxylic acids is 1. The number of hydrogen-bond donors (Lipinski definition) is 0. The van der Waals surface area contributed by atoms with Crippen LogP contribution in [0, 0.1) is 0 Å². The SMILES string of the molecule is O=C(/C=C\Br)N1CCCCC1. The quantitative estimate of drug-likeness (QED) is 0.615. The van der Waals surface area contributed by atoms with Crippen molar-refractivity contribution in [1.29, 1.82) is 0 Å². The topological polar surface area (TPSA) is 20.3 Å². The van der Waals surface area contributed by atoms with E-state index in [1.54, 1.807) is 11.1 Å². The Bertz CT molecular complexity index is 161. The molecule has 0 atom stereocenters. The molecule has 11 heavy (non-hydrogen) atoms. The molecule has 0 radical (unpaired) electrons. The lowest BCUT2D eigenvalue weighted by atomic mass is 10.1. The van der Waals surface area contributed by atoms with Crippen molar-refractivity contribution in [2.24, 2.45) is 0 Å². The van der Waals surface area contributed by atoms with Gasteiger partial charge in [0.25, 0.3) is 0 Å². The van der Waals surface area contributed by atoms with Gasteiger partial charge in [0, 0.05) is 19.2 Å². The molecule has 1 fully saturated rings. The number of hydrogen-bond acceptors (Lipinski definition) is 1. The summed E-state index contributed by atoms with van der Waals surface area (Å²) in [7, 11) is 0. The molecule has 1 aliphatic rings. The van der Waals surface area contributed by atoms with Gasteiger partial charge in [-0.25, -0.2) is 0 Å². The average Bonchev–Trinajstić information content (AvgIpc) is 2.07. The fraction of sp³-hybridized carbons (Fsp3) is 0.625. The van der Waals surface area contributed by atoms with Crippen LogP contribution in [-0.4, -0.2) is 23.9 Å². The molecule has 1 amide bonds. The first-order valence-corrected chi connectivity index (χ1v) is 4.82. The maximum Gasteiger partial charge on any atom is 0.247 e. The lowest BCUT2D eigenvalue weighted by Gasteiger charge is -2.25. The third-order valence-corrected chi connectivity index (χ3v) is 2.14. The van der Waals surface area contributed by atoms with Crippen LogP contribution in [0.1, 0.15) is 19.3 Å². The number of nitrogens with zero attached hydrogens (tertiary/aromatic N) is 1. The monoisotopic (exact) mass is 217 g/mol. The van der Waals surface area contributed by atoms with E-state index in [2.05, 4.69) is 15.9 Å². The minimum atomic E-state index is 0.126. The Kier molecular flexibility index (Phi) is 3.63. The maximum absolute atomic E-state index is 11.2. The molecule has 2 nitrogen and oxygen atoms in total. The van der Waals surface area contributed by atoms with Gasteiger partial charge in [-0.05, 0) is 24.2 Å². The maximum atomic E-state index is 11.2. The molecular formula is C8H12BrNO. The zero-order valence-corrected chi connectivity index (χ0v) is 8.01. The van der Waals surface area contributed by atoms with E-state index in [1.807, 2.05) is 4.90 Å². The Morgan fingerprint density at radius 2 is 1.91 bits per heavy atom. The first-order chi connectivity index (χ1) is 5.34. The van der Waals surface area contributed by atoms with Crippen molar-refractivity contribution in [3.63, 3.8) is 0 Å². The van der Waals surface area contributed by atoms with Gasteiger partial charge in [0.1, 0.15) is 0 Å². The summed E-state index contributed by atoms with van der Waals surface area (Å²) in [6.07, 6.45) is 5.14. The van der Waals surface area contributed by atoms with Crippen LogP contribution in [0.4, 0.5) is 0 Å². The number of likely N-dealkylation sites (tertiary alicyclic amines) is 1. The summed E-state index contributed by atoms with van der Waals surface area (Å²) in [5, 5.41) is 0. The van der Waals surface area contributed by atoms with Crippen molar-refractivity contribution < 1.29 is 4.79 Å². The van der Waals surface area contributed by atoms with Crippen molar-refractivity contribution in [3.05, 3.63) is 11.1 Å². The van der Waals surface area contributed by atoms with Crippen LogP contribution in [0.25, 0.3) is 0 Å². The zero-order chi connectivity index (χ0) is 8.10. The van der Waals surface area contributed by atoms with Gasteiger partial charge in [-0.2, -0.15) is 0 Å². The van der Waals surface area contributed by atoms with E-state index in [0.29, 0.717) is 0 Å². The average molecular weight is 218 g/mol. The van der Waals surface area contributed by atoms with Crippen LogP contribution in [-0.2, 0) is 4.79 Å². The second-order valence-electron chi connectivity index (χ2n) is 2.68. The summed E-state index contributed by atoms with van der Waals surface area (Å²) in [5.41, 5.74) is 0. The van der Waals surface area contributed by atoms with E-state index in [4.69, 9.17) is 0 Å². The zero-order valence-electron chi connectivity index (χ0n) is 6.42. The molecule has 0 bridgehead atoms. The minimum absolute atomic E-state index is 0.126. The normalized spacial score (nSPS) is 19.2. The molecule has 1 rings (SSSR count). The highest BCUT2D eigenvalue weighted by Crippen LogP contribution is 2.08. The molecule has 0 aliphatic carbocycles. The number of carbonyl (C=O) groups is 1. The molecule has 0 aromatic carbocycles. The second kappa shape index (κ2) is 4.54. The van der Waals surface area contributed by atoms with Crippen LogP contribution in [0.3, 0.4) is 0 Å². The number of halogens is 1. The fourth-order valence-electron chi connectivity index (χ4n) is 1.27. The Hall–Kier alpha value is -0.310. The molecule has 0 saturated carbocycles. The standard InChI is InChI=1S/C8H12BrNO/c9-5-4-8(11)10-6-2-1-3-7-10/h4-5H,1-3,6-7H2/b5-4-. The third kappa shape index (κ3) is 2.66. The highest BCUT2D eigenvalue weighted by Gasteiger charge is 2.12. The predicted octanol–water partition coefficient (Wildman–Crippen LogP) is 1.91. The van der Waals surface area contributed by atoms with Crippen LogP contribution >= 0.6 is 15.9 Å². The largest absolute Gasteiger partial charge is 0.339 e. The number of amides is 1. The van der Waals surface area contributed by atoms with Crippen LogP contribution in [0.15, 0.2) is 11.1 Å². The van der Waals surface area contributed by atoms with E-state index in [0.717, 1.165) is 25.9 Å². The van der Waals surface area contributed by atoms with E-state index >= 15 is 0 Å². The van der Waals surface area contributed by atoms with Crippen LogP contribution in [0.2, 0.25) is 0 Å². The Balaban J connectivity index is 2.38.